The van der Waals surface area contributed by atoms with Gasteiger partial charge in [0.15, 0.2) is 11.3 Å². The Morgan fingerprint density at radius 1 is 1.29 bits per heavy atom. The third kappa shape index (κ3) is 5.84. The number of nitriles is 1. The molecule has 0 bridgehead atoms. The number of carbonyl (C=O) groups excluding carboxylic acids is 1. The maximum Gasteiger partial charge on any atom is 0.409 e. The maximum atomic E-state index is 14.2. The highest BCUT2D eigenvalue weighted by Gasteiger charge is 2.41. The number of benzene rings is 1. The highest BCUT2D eigenvalue weighted by atomic mass is 35.5. The molecule has 0 saturated carbocycles. The highest BCUT2D eigenvalue weighted by Crippen LogP contribution is 2.25. The molecule has 2 rings (SSSR count). The van der Waals surface area contributed by atoms with Crippen LogP contribution in [0.15, 0.2) is 12.1 Å². The van der Waals surface area contributed by atoms with Crippen molar-refractivity contribution in [2.24, 2.45) is 0 Å². The van der Waals surface area contributed by atoms with Crippen LogP contribution in [-0.4, -0.2) is 36.2 Å². The minimum atomic E-state index is -1.25. The second kappa shape index (κ2) is 7.97. The van der Waals surface area contributed by atoms with E-state index in [4.69, 9.17) is 31.1 Å². The monoisotopic (exact) mass is 408 g/mol. The third-order valence-electron chi connectivity index (χ3n) is 3.69. The summed E-state index contributed by atoms with van der Waals surface area (Å²) in [6.07, 6.45) is -0.702. The minimum Gasteiger partial charge on any atom is -0.444 e. The average molecular weight is 409 g/mol. The fourth-order valence-electron chi connectivity index (χ4n) is 2.27. The number of halogens is 2. The van der Waals surface area contributed by atoms with E-state index in [9.17, 15) is 9.18 Å². The van der Waals surface area contributed by atoms with Crippen molar-refractivity contribution in [1.82, 2.24) is 5.32 Å². The van der Waals surface area contributed by atoms with Crippen molar-refractivity contribution in [3.05, 3.63) is 34.1 Å². The second-order valence-corrected chi connectivity index (χ2v) is 8.27. The van der Waals surface area contributed by atoms with E-state index in [1.165, 1.54) is 6.07 Å². The Morgan fingerprint density at radius 3 is 2.43 bits per heavy atom. The van der Waals surface area contributed by atoms with Crippen molar-refractivity contribution in [3.63, 3.8) is 0 Å². The van der Waals surface area contributed by atoms with Gasteiger partial charge in [-0.3, -0.25) is 0 Å². The van der Waals surface area contributed by atoms with Crippen molar-refractivity contribution in [2.45, 2.75) is 51.5 Å². The number of carbonyl (C=O) groups is 1. The lowest BCUT2D eigenvalue weighted by molar-refractivity contribution is -0.262. The molecule has 1 aliphatic heterocycles. The van der Waals surface area contributed by atoms with Crippen LogP contribution in [0.4, 0.5) is 9.18 Å². The Hall–Kier alpha value is -2.32. The lowest BCUT2D eigenvalue weighted by atomic mass is 10.00. The fraction of sp³-hybridized carbons (Fsp3) is 0.500. The molecule has 1 heterocycles. The van der Waals surface area contributed by atoms with Crippen LogP contribution >= 0.6 is 11.6 Å². The van der Waals surface area contributed by atoms with Gasteiger partial charge in [-0.1, -0.05) is 23.4 Å². The summed E-state index contributed by atoms with van der Waals surface area (Å²) in [4.78, 5) is 12.3. The number of alkyl carbamates (subject to hydrolysis) is 1. The second-order valence-electron chi connectivity index (χ2n) is 7.86. The maximum absolute atomic E-state index is 14.2. The number of ether oxygens (including phenoxy) is 3. The van der Waals surface area contributed by atoms with E-state index >= 15 is 0 Å². The van der Waals surface area contributed by atoms with Gasteiger partial charge in [-0.2, -0.15) is 5.26 Å². The molecule has 0 aromatic heterocycles. The molecule has 0 spiro atoms. The lowest BCUT2D eigenvalue weighted by Gasteiger charge is -2.41. The normalized spacial score (nSPS) is 17.6. The molecular weight excluding hydrogens is 387 g/mol. The van der Waals surface area contributed by atoms with Gasteiger partial charge in [0.25, 0.3) is 0 Å². The number of rotatable bonds is 1. The molecule has 0 radical (unpaired) electrons. The molecule has 1 fully saturated rings. The van der Waals surface area contributed by atoms with E-state index < -0.39 is 28.8 Å². The number of amides is 1. The van der Waals surface area contributed by atoms with E-state index in [0.717, 1.165) is 6.07 Å². The summed E-state index contributed by atoms with van der Waals surface area (Å²) in [6.45, 7) is 8.69. The van der Waals surface area contributed by atoms with Crippen LogP contribution < -0.4 is 5.32 Å². The van der Waals surface area contributed by atoms with Crippen molar-refractivity contribution in [3.8, 4) is 17.9 Å². The van der Waals surface area contributed by atoms with Crippen molar-refractivity contribution < 1.29 is 23.4 Å². The van der Waals surface area contributed by atoms with Gasteiger partial charge in [0.1, 0.15) is 17.5 Å². The molecule has 1 N–H and O–H groups in total. The molecular formula is C20H22ClFN2O4. The predicted octanol–water partition coefficient (Wildman–Crippen LogP) is 3.75. The highest BCUT2D eigenvalue weighted by molar-refractivity contribution is 6.31. The Bertz CT molecular complexity index is 865. The quantitative estimate of drug-likeness (QED) is 0.716. The predicted molar refractivity (Wildman–Crippen MR) is 101 cm³/mol. The lowest BCUT2D eigenvalue weighted by Crippen LogP contribution is -2.60. The van der Waals surface area contributed by atoms with Crippen LogP contribution in [-0.2, 0) is 14.2 Å². The van der Waals surface area contributed by atoms with Gasteiger partial charge in [0.05, 0.1) is 29.4 Å². The van der Waals surface area contributed by atoms with Crippen LogP contribution in [0.2, 0.25) is 5.02 Å². The standard InChI is InChI=1S/C20H22ClFN2O4/c1-18(2,3)28-17(25)24-20(11-26-19(4,5)27-12-20)7-6-13-8-15(21)14(10-23)9-16(13)22/h8-9H,11-12H2,1-5H3,(H,24,25). The molecule has 8 heteroatoms. The molecule has 1 amide bonds. The van der Waals surface area contributed by atoms with E-state index in [0.29, 0.717) is 0 Å². The van der Waals surface area contributed by atoms with Crippen LogP contribution in [0, 0.1) is 29.0 Å². The van der Waals surface area contributed by atoms with Gasteiger partial charge in [-0.15, -0.1) is 0 Å². The summed E-state index contributed by atoms with van der Waals surface area (Å²) < 4.78 is 30.8. The fourth-order valence-corrected chi connectivity index (χ4v) is 2.47. The van der Waals surface area contributed by atoms with Gasteiger partial charge < -0.3 is 19.5 Å². The molecule has 150 valence electrons. The van der Waals surface area contributed by atoms with E-state index in [1.54, 1.807) is 40.7 Å². The molecule has 1 aromatic rings. The van der Waals surface area contributed by atoms with Crippen molar-refractivity contribution >= 4 is 17.7 Å². The topological polar surface area (TPSA) is 80.6 Å². The average Bonchev–Trinajstić information content (AvgIpc) is 2.56. The smallest absolute Gasteiger partial charge is 0.409 e. The Labute approximate surface area is 168 Å². The Balaban J connectivity index is 2.35. The van der Waals surface area contributed by atoms with Crippen LogP contribution in [0.5, 0.6) is 0 Å². The summed E-state index contributed by atoms with van der Waals surface area (Å²) >= 11 is 5.96. The zero-order valence-corrected chi connectivity index (χ0v) is 17.2. The van der Waals surface area contributed by atoms with Crippen LogP contribution in [0.3, 0.4) is 0 Å². The van der Waals surface area contributed by atoms with Crippen LogP contribution in [0.1, 0.15) is 45.7 Å². The number of nitrogens with zero attached hydrogens (tertiary/aromatic N) is 1. The molecule has 0 atom stereocenters. The summed E-state index contributed by atoms with van der Waals surface area (Å²) in [5.41, 5.74) is -1.96. The Morgan fingerprint density at radius 2 is 1.89 bits per heavy atom. The van der Waals surface area contributed by atoms with Crippen molar-refractivity contribution in [1.29, 1.82) is 5.26 Å². The zero-order valence-electron chi connectivity index (χ0n) is 16.4. The Kier molecular flexibility index (Phi) is 6.25. The molecule has 1 aromatic carbocycles. The number of nitrogens with one attached hydrogen (secondary N) is 1. The first-order valence-corrected chi connectivity index (χ1v) is 8.94. The van der Waals surface area contributed by atoms with E-state index in [2.05, 4.69) is 17.2 Å². The van der Waals surface area contributed by atoms with Crippen molar-refractivity contribution in [2.75, 3.05) is 13.2 Å². The molecule has 1 saturated heterocycles. The molecule has 6 nitrogen and oxygen atoms in total. The van der Waals surface area contributed by atoms with Gasteiger partial charge in [0.2, 0.25) is 0 Å². The zero-order chi connectivity index (χ0) is 21.2. The third-order valence-corrected chi connectivity index (χ3v) is 4.00. The molecule has 1 aliphatic rings. The van der Waals surface area contributed by atoms with Gasteiger partial charge in [-0.05, 0) is 46.8 Å². The first kappa shape index (κ1) is 22.0. The largest absolute Gasteiger partial charge is 0.444 e. The minimum absolute atomic E-state index is 0.0115. The van der Waals surface area contributed by atoms with Gasteiger partial charge in [-0.25, -0.2) is 9.18 Å². The van der Waals surface area contributed by atoms with Gasteiger partial charge >= 0.3 is 6.09 Å². The number of hydrogen-bond donors (Lipinski definition) is 1. The summed E-state index contributed by atoms with van der Waals surface area (Å²) in [5.74, 6) is 3.94. The summed E-state index contributed by atoms with van der Waals surface area (Å²) in [7, 11) is 0. The van der Waals surface area contributed by atoms with E-state index in [-0.39, 0.29) is 29.4 Å². The summed E-state index contributed by atoms with van der Waals surface area (Å²) in [5, 5.41) is 11.7. The first-order chi connectivity index (χ1) is 12.8. The number of hydrogen-bond acceptors (Lipinski definition) is 5. The summed E-state index contributed by atoms with van der Waals surface area (Å²) in [6, 6.07) is 4.07. The van der Waals surface area contributed by atoms with Crippen LogP contribution in [0.25, 0.3) is 0 Å². The molecule has 0 aliphatic carbocycles. The van der Waals surface area contributed by atoms with Gasteiger partial charge in [0, 0.05) is 0 Å². The molecule has 0 unspecified atom stereocenters. The van der Waals surface area contributed by atoms with E-state index in [1.807, 2.05) is 0 Å². The molecule has 28 heavy (non-hydrogen) atoms. The first-order valence-electron chi connectivity index (χ1n) is 8.56. The SMILES string of the molecule is CC(C)(C)OC(=O)NC1(C#Cc2cc(Cl)c(C#N)cc2F)COC(C)(C)OC1.